The summed E-state index contributed by atoms with van der Waals surface area (Å²) in [5, 5.41) is 3.48. The predicted molar refractivity (Wildman–Crippen MR) is 157 cm³/mol. The summed E-state index contributed by atoms with van der Waals surface area (Å²) in [5.74, 6) is -0.468. The van der Waals surface area contributed by atoms with Crippen LogP contribution in [-0.2, 0) is 20.8 Å². The van der Waals surface area contributed by atoms with E-state index in [1.807, 2.05) is 0 Å². The van der Waals surface area contributed by atoms with Crippen LogP contribution in [0.4, 0.5) is 18.9 Å². The fourth-order valence-electron chi connectivity index (χ4n) is 6.41. The number of anilines is 1. The minimum Gasteiger partial charge on any atom is -0.373 e. The number of alkyl halides is 3. The number of pyridine rings is 1. The lowest BCUT2D eigenvalue weighted by Crippen LogP contribution is -2.52. The highest BCUT2D eigenvalue weighted by Crippen LogP contribution is 2.37. The van der Waals surface area contributed by atoms with Crippen molar-refractivity contribution >= 4 is 32.3 Å². The number of amides is 1. The average Bonchev–Trinajstić information content (AvgIpc) is 3.31. The monoisotopic (exact) mass is 602 g/mol. The van der Waals surface area contributed by atoms with E-state index in [1.165, 1.54) is 12.3 Å². The maximum absolute atomic E-state index is 13.8. The van der Waals surface area contributed by atoms with Crippen molar-refractivity contribution in [2.45, 2.75) is 74.8 Å². The van der Waals surface area contributed by atoms with Crippen molar-refractivity contribution in [2.75, 3.05) is 24.7 Å². The van der Waals surface area contributed by atoms with E-state index in [-0.39, 0.29) is 34.6 Å². The predicted octanol–water partition coefficient (Wildman–Crippen LogP) is 5.62. The Morgan fingerprint density at radius 2 is 1.81 bits per heavy atom. The number of benzene rings is 2. The molecule has 1 saturated carbocycles. The Kier molecular flexibility index (Phi) is 8.53. The van der Waals surface area contributed by atoms with Gasteiger partial charge < -0.3 is 15.1 Å². The molecule has 3 aromatic rings. The van der Waals surface area contributed by atoms with E-state index in [9.17, 15) is 26.4 Å². The third-order valence-electron chi connectivity index (χ3n) is 8.88. The van der Waals surface area contributed by atoms with Crippen LogP contribution in [-0.4, -0.2) is 72.6 Å². The lowest BCUT2D eigenvalue weighted by molar-refractivity contribution is -0.137. The third kappa shape index (κ3) is 6.27. The fourth-order valence-corrected chi connectivity index (χ4v) is 8.10. The number of nitrogens with one attached hydrogen (secondary N) is 1. The summed E-state index contributed by atoms with van der Waals surface area (Å²) >= 11 is 0. The van der Waals surface area contributed by atoms with Gasteiger partial charge in [0.2, 0.25) is 5.91 Å². The molecule has 1 N–H and O–H groups in total. The molecule has 1 aromatic heterocycles. The Hall–Kier alpha value is -3.18. The molecule has 1 amide bonds. The van der Waals surface area contributed by atoms with Crippen molar-refractivity contribution in [1.82, 2.24) is 14.8 Å². The second kappa shape index (κ2) is 11.8. The van der Waals surface area contributed by atoms with Crippen LogP contribution >= 0.6 is 0 Å². The second-order valence-electron chi connectivity index (χ2n) is 11.8. The highest BCUT2D eigenvalue weighted by molar-refractivity contribution is 7.91. The zero-order valence-electron chi connectivity index (χ0n) is 24.0. The van der Waals surface area contributed by atoms with E-state index in [0.717, 1.165) is 18.6 Å². The zero-order valence-corrected chi connectivity index (χ0v) is 24.8. The minimum absolute atomic E-state index is 0.0544. The molecule has 0 radical (unpaired) electrons. The molecule has 4 atom stereocenters. The topological polar surface area (TPSA) is 82.6 Å². The molecule has 0 bridgehead atoms. The Morgan fingerprint density at radius 3 is 2.50 bits per heavy atom. The molecule has 0 spiro atoms. The number of likely N-dealkylation sites (tertiary alicyclic amines) is 1. The molecule has 2 fully saturated rings. The van der Waals surface area contributed by atoms with Crippen LogP contribution in [0.1, 0.15) is 45.1 Å². The van der Waals surface area contributed by atoms with E-state index in [2.05, 4.69) is 36.1 Å². The molecule has 2 heterocycles. The van der Waals surface area contributed by atoms with Crippen molar-refractivity contribution in [1.29, 1.82) is 0 Å². The van der Waals surface area contributed by atoms with Crippen LogP contribution in [0.5, 0.6) is 0 Å². The summed E-state index contributed by atoms with van der Waals surface area (Å²) in [4.78, 5) is 22.3. The first-order chi connectivity index (χ1) is 19.8. The van der Waals surface area contributed by atoms with E-state index in [4.69, 9.17) is 0 Å². The number of hydrogen-bond acceptors (Lipinski definition) is 6. The van der Waals surface area contributed by atoms with Gasteiger partial charge in [-0.3, -0.25) is 9.78 Å². The van der Waals surface area contributed by atoms with Crippen LogP contribution in [0.15, 0.2) is 65.7 Å². The molecule has 7 nitrogen and oxygen atoms in total. The highest BCUT2D eigenvalue weighted by Gasteiger charge is 2.44. The maximum Gasteiger partial charge on any atom is 0.416 e. The number of carbonyl (C=O) groups excluding carboxylic acids is 1. The lowest BCUT2D eigenvalue weighted by atomic mass is 9.81. The molecule has 42 heavy (non-hydrogen) atoms. The van der Waals surface area contributed by atoms with Crippen LogP contribution in [0, 0.1) is 5.92 Å². The zero-order chi connectivity index (χ0) is 30.2. The van der Waals surface area contributed by atoms with Crippen LogP contribution in [0.25, 0.3) is 10.9 Å². The Balaban J connectivity index is 1.38. The summed E-state index contributed by atoms with van der Waals surface area (Å²) in [6.45, 7) is 4.68. The van der Waals surface area contributed by atoms with Gasteiger partial charge in [0, 0.05) is 41.9 Å². The number of aromatic nitrogens is 1. The van der Waals surface area contributed by atoms with Gasteiger partial charge in [-0.2, -0.15) is 13.2 Å². The quantitative estimate of drug-likeness (QED) is 0.361. The van der Waals surface area contributed by atoms with Gasteiger partial charge in [0.25, 0.3) is 0 Å². The standard InChI is InChI=1S/C31H37F3N4O3S/c1-20(2)37(3)23-10-12-29(21(17-23)19-42(40,41)24-7-5-4-6-8-24)38-16-14-28(30(38)39)36-27-13-15-35-26-11-9-22(18-25(26)27)31(32,33)34/h4-9,11,13,15,18,20-21,23,28-29H,10,12,14,16-17,19H2,1-3H3,(H,35,36)/t21-,23+,28-,29-/m0/s1. The number of rotatable bonds is 8. The number of sulfone groups is 1. The highest BCUT2D eigenvalue weighted by atomic mass is 32.2. The number of nitrogens with zero attached hydrogens (tertiary/aromatic N) is 3. The molecule has 0 unspecified atom stereocenters. The van der Waals surface area contributed by atoms with E-state index in [0.29, 0.717) is 48.4 Å². The molecule has 5 rings (SSSR count). The third-order valence-corrected chi connectivity index (χ3v) is 10.7. The number of fused-ring (bicyclic) bond motifs is 1. The molecular weight excluding hydrogens is 565 g/mol. The first kappa shape index (κ1) is 30.3. The van der Waals surface area contributed by atoms with Crippen molar-refractivity contribution < 1.29 is 26.4 Å². The number of carbonyl (C=O) groups is 1. The number of halogens is 3. The van der Waals surface area contributed by atoms with Gasteiger partial charge in [-0.05, 0) is 88.9 Å². The van der Waals surface area contributed by atoms with Gasteiger partial charge in [-0.25, -0.2) is 8.42 Å². The van der Waals surface area contributed by atoms with Gasteiger partial charge in [-0.1, -0.05) is 18.2 Å². The normalized spacial score (nSPS) is 23.7. The second-order valence-corrected chi connectivity index (χ2v) is 13.8. The van der Waals surface area contributed by atoms with Crippen molar-refractivity contribution in [3.63, 3.8) is 0 Å². The smallest absolute Gasteiger partial charge is 0.373 e. The van der Waals surface area contributed by atoms with Crippen LogP contribution < -0.4 is 5.32 Å². The molecule has 2 aromatic carbocycles. The van der Waals surface area contributed by atoms with Crippen molar-refractivity contribution in [2.24, 2.45) is 5.92 Å². The van der Waals surface area contributed by atoms with Gasteiger partial charge in [0.15, 0.2) is 9.84 Å². The van der Waals surface area contributed by atoms with E-state index in [1.54, 1.807) is 41.3 Å². The molecule has 1 aliphatic heterocycles. The Labute approximate surface area is 245 Å². The average molecular weight is 603 g/mol. The molecule has 2 aliphatic rings. The molecule has 1 aliphatic carbocycles. The largest absolute Gasteiger partial charge is 0.416 e. The van der Waals surface area contributed by atoms with Crippen LogP contribution in [0.3, 0.4) is 0 Å². The van der Waals surface area contributed by atoms with Gasteiger partial charge in [0.05, 0.1) is 21.7 Å². The maximum atomic E-state index is 13.8. The summed E-state index contributed by atoms with van der Waals surface area (Å²) < 4.78 is 67.2. The van der Waals surface area contributed by atoms with Crippen molar-refractivity contribution in [3.8, 4) is 0 Å². The first-order valence-electron chi connectivity index (χ1n) is 14.4. The van der Waals surface area contributed by atoms with Gasteiger partial charge >= 0.3 is 6.18 Å². The molecule has 11 heteroatoms. The summed E-state index contributed by atoms with van der Waals surface area (Å²) in [6.07, 6.45) is -0.348. The number of hydrogen-bond donors (Lipinski definition) is 1. The SMILES string of the molecule is CC(C)N(C)[C@@H]1CC[C@H](N2CC[C@H](Nc3ccnc4ccc(C(F)(F)F)cc34)C2=O)[C@H](CS(=O)(=O)c2ccccc2)C1. The van der Waals surface area contributed by atoms with Gasteiger partial charge in [0.1, 0.15) is 6.04 Å². The summed E-state index contributed by atoms with van der Waals surface area (Å²) in [7, 11) is -1.52. The molecular formula is C31H37F3N4O3S. The van der Waals surface area contributed by atoms with Gasteiger partial charge in [-0.15, -0.1) is 0 Å². The molecule has 226 valence electrons. The Morgan fingerprint density at radius 1 is 1.07 bits per heavy atom. The lowest BCUT2D eigenvalue weighted by Gasteiger charge is -2.44. The summed E-state index contributed by atoms with van der Waals surface area (Å²) in [6, 6.07) is 13.0. The first-order valence-corrected chi connectivity index (χ1v) is 16.0. The minimum atomic E-state index is -4.50. The Bertz CT molecular complexity index is 1530. The van der Waals surface area contributed by atoms with E-state index < -0.39 is 27.6 Å². The summed E-state index contributed by atoms with van der Waals surface area (Å²) in [5.41, 5.74) is 0.0295. The van der Waals surface area contributed by atoms with Crippen LogP contribution in [0.2, 0.25) is 0 Å². The van der Waals surface area contributed by atoms with E-state index >= 15 is 0 Å². The van der Waals surface area contributed by atoms with Crippen molar-refractivity contribution in [3.05, 3.63) is 66.4 Å². The molecule has 1 saturated heterocycles. The fraction of sp³-hybridized carbons (Fsp3) is 0.484.